The fourth-order valence-corrected chi connectivity index (χ4v) is 8.24. The number of hydrogen-bond donors (Lipinski definition) is 4. The standard InChI is InChI=1S/C44H58N8O6/c1-25(2)35(49-41(55)57-9)39(53)51-23-43(5,6)19-33(51)37-45-21-31(47-37)29-15-11-27(12-16-29)28-13-17-30(18-14-28)32-22-46-38(48-32)34-20-44(7,8)24-52(34)40(54)36(26(3)4)50-42(56)58-10/h11-18,21-22,25-26,33-36H,19-20,23-24H2,1-10H3,(H,45,47)(H,46,48)(H,49,55)(H,50,56)/t33-,34-,35-,36-/m0/s1. The Bertz CT molecular complexity index is 1950. The van der Waals surface area contributed by atoms with Gasteiger partial charge in [0.25, 0.3) is 0 Å². The molecule has 6 rings (SSSR count). The van der Waals surface area contributed by atoms with E-state index in [0.29, 0.717) is 24.7 Å². The van der Waals surface area contributed by atoms with E-state index in [1.165, 1.54) is 14.2 Å². The second-order valence-electron chi connectivity index (χ2n) is 17.9. The molecular weight excluding hydrogens is 737 g/mol. The molecule has 0 saturated carbocycles. The molecule has 2 aliphatic rings. The summed E-state index contributed by atoms with van der Waals surface area (Å²) < 4.78 is 9.59. The van der Waals surface area contributed by atoms with E-state index in [4.69, 9.17) is 19.4 Å². The fraction of sp³-hybridized carbons (Fsp3) is 0.500. The van der Waals surface area contributed by atoms with E-state index in [2.05, 4.69) is 96.8 Å². The van der Waals surface area contributed by atoms with Crippen LogP contribution in [0.3, 0.4) is 0 Å². The molecule has 2 fully saturated rings. The van der Waals surface area contributed by atoms with Crippen LogP contribution in [0, 0.1) is 22.7 Å². The highest BCUT2D eigenvalue weighted by molar-refractivity contribution is 5.87. The van der Waals surface area contributed by atoms with Crippen molar-refractivity contribution >= 4 is 24.0 Å². The van der Waals surface area contributed by atoms with Crippen LogP contribution in [0.2, 0.25) is 0 Å². The van der Waals surface area contributed by atoms with Crippen LogP contribution in [0.5, 0.6) is 0 Å². The molecule has 0 aliphatic carbocycles. The fourth-order valence-electron chi connectivity index (χ4n) is 8.24. The van der Waals surface area contributed by atoms with Crippen LogP contribution in [0.15, 0.2) is 60.9 Å². The summed E-state index contributed by atoms with van der Waals surface area (Å²) in [5.41, 5.74) is 5.48. The monoisotopic (exact) mass is 794 g/mol. The Balaban J connectivity index is 1.15. The van der Waals surface area contributed by atoms with Crippen molar-refractivity contribution in [2.75, 3.05) is 27.3 Å². The van der Waals surface area contributed by atoms with Crippen molar-refractivity contribution in [1.29, 1.82) is 0 Å². The van der Waals surface area contributed by atoms with Crippen molar-refractivity contribution in [1.82, 2.24) is 40.4 Å². The number of benzene rings is 2. The first-order valence-electron chi connectivity index (χ1n) is 20.0. The van der Waals surface area contributed by atoms with Crippen LogP contribution in [-0.4, -0.2) is 93.1 Å². The molecule has 2 aromatic heterocycles. The Morgan fingerprint density at radius 1 is 0.621 bits per heavy atom. The van der Waals surface area contributed by atoms with E-state index in [1.54, 1.807) is 0 Å². The summed E-state index contributed by atoms with van der Waals surface area (Å²) in [7, 11) is 2.58. The predicted molar refractivity (Wildman–Crippen MR) is 221 cm³/mol. The lowest BCUT2D eigenvalue weighted by molar-refractivity contribution is -0.136. The molecule has 4 aromatic rings. The third-order valence-electron chi connectivity index (χ3n) is 11.3. The summed E-state index contributed by atoms with van der Waals surface area (Å²) in [6, 6.07) is 14.6. The third-order valence-corrected chi connectivity index (χ3v) is 11.3. The van der Waals surface area contributed by atoms with Gasteiger partial charge in [-0.05, 0) is 57.8 Å². The molecule has 58 heavy (non-hydrogen) atoms. The van der Waals surface area contributed by atoms with Gasteiger partial charge in [-0.1, -0.05) is 104 Å². The third kappa shape index (κ3) is 9.05. The zero-order valence-corrected chi connectivity index (χ0v) is 35.3. The van der Waals surface area contributed by atoms with Crippen LogP contribution in [0.25, 0.3) is 33.6 Å². The molecule has 2 saturated heterocycles. The maximum absolute atomic E-state index is 13.8. The Morgan fingerprint density at radius 3 is 1.26 bits per heavy atom. The van der Waals surface area contributed by atoms with Gasteiger partial charge in [-0.25, -0.2) is 19.6 Å². The number of rotatable bonds is 11. The summed E-state index contributed by atoms with van der Waals surface area (Å²) in [5, 5.41) is 5.44. The van der Waals surface area contributed by atoms with E-state index >= 15 is 0 Å². The Kier molecular flexibility index (Phi) is 12.1. The minimum absolute atomic E-state index is 0.126. The van der Waals surface area contributed by atoms with Crippen LogP contribution < -0.4 is 10.6 Å². The molecule has 4 atom stereocenters. The lowest BCUT2D eigenvalue weighted by atomic mass is 9.90. The number of nitrogens with one attached hydrogen (secondary N) is 4. The zero-order valence-electron chi connectivity index (χ0n) is 35.3. The Labute approximate surface area is 340 Å². The molecule has 0 spiro atoms. The Morgan fingerprint density at radius 2 is 0.948 bits per heavy atom. The number of nitrogens with zero attached hydrogens (tertiary/aromatic N) is 4. The number of aromatic amines is 2. The normalized spacial score (nSPS) is 19.6. The molecule has 310 valence electrons. The highest BCUT2D eigenvalue weighted by Crippen LogP contribution is 2.44. The minimum Gasteiger partial charge on any atom is -0.453 e. The summed E-state index contributed by atoms with van der Waals surface area (Å²) >= 11 is 0. The van der Waals surface area contributed by atoms with Crippen molar-refractivity contribution in [3.63, 3.8) is 0 Å². The zero-order chi connectivity index (χ0) is 42.1. The molecule has 14 heteroatoms. The molecule has 2 aromatic carbocycles. The first-order valence-corrected chi connectivity index (χ1v) is 20.0. The topological polar surface area (TPSA) is 175 Å². The van der Waals surface area contributed by atoms with Gasteiger partial charge in [-0.3, -0.25) is 9.59 Å². The van der Waals surface area contributed by atoms with E-state index in [0.717, 1.165) is 46.5 Å². The molecule has 4 amide bonds. The number of ether oxygens (including phenoxy) is 2. The smallest absolute Gasteiger partial charge is 0.407 e. The molecule has 14 nitrogen and oxygen atoms in total. The van der Waals surface area contributed by atoms with Crippen molar-refractivity contribution in [3.8, 4) is 33.6 Å². The van der Waals surface area contributed by atoms with Gasteiger partial charge in [-0.15, -0.1) is 0 Å². The number of H-pyrrole nitrogens is 2. The number of aromatic nitrogens is 4. The molecule has 2 aliphatic heterocycles. The van der Waals surface area contributed by atoms with E-state index in [-0.39, 0.29) is 46.6 Å². The number of amides is 4. The number of likely N-dealkylation sites (tertiary alicyclic amines) is 2. The maximum atomic E-state index is 13.8. The maximum Gasteiger partial charge on any atom is 0.407 e. The first kappa shape index (κ1) is 42.0. The van der Waals surface area contributed by atoms with Crippen LogP contribution >= 0.6 is 0 Å². The van der Waals surface area contributed by atoms with Gasteiger partial charge in [0.05, 0.1) is 50.1 Å². The van der Waals surface area contributed by atoms with E-state index < -0.39 is 24.3 Å². The lowest BCUT2D eigenvalue weighted by Gasteiger charge is -2.30. The molecule has 0 unspecified atom stereocenters. The number of methoxy groups -OCH3 is 2. The van der Waals surface area contributed by atoms with Gasteiger partial charge in [0.15, 0.2) is 0 Å². The van der Waals surface area contributed by atoms with Gasteiger partial charge in [-0.2, -0.15) is 0 Å². The average Bonchev–Trinajstić information content (AvgIpc) is 4.00. The van der Waals surface area contributed by atoms with Gasteiger partial charge in [0.1, 0.15) is 23.7 Å². The van der Waals surface area contributed by atoms with Crippen LogP contribution in [-0.2, 0) is 19.1 Å². The minimum atomic E-state index is -0.716. The highest BCUT2D eigenvalue weighted by Gasteiger charge is 2.46. The molecule has 0 bridgehead atoms. The molecule has 4 heterocycles. The highest BCUT2D eigenvalue weighted by atomic mass is 16.5. The number of hydrogen-bond acceptors (Lipinski definition) is 8. The second-order valence-corrected chi connectivity index (χ2v) is 17.9. The van der Waals surface area contributed by atoms with Gasteiger partial charge >= 0.3 is 12.2 Å². The average molecular weight is 795 g/mol. The van der Waals surface area contributed by atoms with E-state index in [1.807, 2.05) is 49.9 Å². The number of alkyl carbamates (subject to hydrolysis) is 2. The van der Waals surface area contributed by atoms with Crippen LogP contribution in [0.4, 0.5) is 9.59 Å². The molecule has 4 N–H and O–H groups in total. The van der Waals surface area contributed by atoms with Gasteiger partial charge in [0.2, 0.25) is 11.8 Å². The predicted octanol–water partition coefficient (Wildman–Crippen LogP) is 7.49. The summed E-state index contributed by atoms with van der Waals surface area (Å²) in [5.74, 6) is 0.863. The summed E-state index contributed by atoms with van der Waals surface area (Å²) in [6.07, 6.45) is 3.82. The lowest BCUT2D eigenvalue weighted by Crippen LogP contribution is -2.51. The van der Waals surface area contributed by atoms with Gasteiger partial charge in [0, 0.05) is 13.1 Å². The summed E-state index contributed by atoms with van der Waals surface area (Å²) in [6.45, 7) is 17.3. The first-order chi connectivity index (χ1) is 27.4. The largest absolute Gasteiger partial charge is 0.453 e. The van der Waals surface area contributed by atoms with E-state index in [9.17, 15) is 19.2 Å². The molecular formula is C44H58N8O6. The van der Waals surface area contributed by atoms with Gasteiger partial charge < -0.3 is 39.9 Å². The number of imidazole rings is 2. The second kappa shape index (κ2) is 16.7. The quantitative estimate of drug-likeness (QED) is 0.121. The van der Waals surface area contributed by atoms with Crippen molar-refractivity contribution in [2.24, 2.45) is 22.7 Å². The number of carbonyl (C=O) groups excluding carboxylic acids is 4. The summed E-state index contributed by atoms with van der Waals surface area (Å²) in [4.78, 5) is 71.9. The van der Waals surface area contributed by atoms with Crippen molar-refractivity contribution < 1.29 is 28.7 Å². The SMILES string of the molecule is COC(=O)N[C@H](C(=O)N1CC(C)(C)C[C@H]1c1ncc(-c2ccc(-c3ccc(-c4cnc([C@@H]5CC(C)(C)CN5C(=O)[C@@H](NC(=O)OC)C(C)C)[nH]4)cc3)cc2)[nH]1)C(C)C. The number of carbonyl (C=O) groups is 4. The van der Waals surface area contributed by atoms with Crippen LogP contribution in [0.1, 0.15) is 92.0 Å². The van der Waals surface area contributed by atoms with Crippen molar-refractivity contribution in [2.45, 2.75) is 92.4 Å². The van der Waals surface area contributed by atoms with Crippen molar-refractivity contribution in [3.05, 3.63) is 72.6 Å². The molecule has 0 radical (unpaired) electrons. The Hall–Kier alpha value is -5.66.